The number of non-ortho nitro benzene ring substituents is 1. The third kappa shape index (κ3) is 4.51. The van der Waals surface area contributed by atoms with Crippen molar-refractivity contribution in [2.45, 2.75) is 26.7 Å². The minimum absolute atomic E-state index is 0.0404. The van der Waals surface area contributed by atoms with Crippen LogP contribution in [0, 0.1) is 42.2 Å². The zero-order valence-electron chi connectivity index (χ0n) is 17.4. The lowest BCUT2D eigenvalue weighted by Gasteiger charge is -2.12. The molecule has 2 aromatic carbocycles. The van der Waals surface area contributed by atoms with Crippen LogP contribution in [0.2, 0.25) is 0 Å². The monoisotopic (exact) mass is 415 g/mol. The number of nitrogens with zero attached hydrogens (tertiary/aromatic N) is 4. The predicted octanol–water partition coefficient (Wildman–Crippen LogP) is 4.07. The number of carbonyl (C=O) groups excluding carboxylic acids is 1. The molecule has 0 fully saturated rings. The Morgan fingerprint density at radius 1 is 1.19 bits per heavy atom. The van der Waals surface area contributed by atoms with Crippen LogP contribution in [0.25, 0.3) is 5.69 Å². The highest BCUT2D eigenvalue weighted by Gasteiger charge is 2.19. The van der Waals surface area contributed by atoms with Crippen molar-refractivity contribution < 1.29 is 9.72 Å². The molecule has 31 heavy (non-hydrogen) atoms. The first-order chi connectivity index (χ1) is 14.8. The van der Waals surface area contributed by atoms with Crippen LogP contribution in [0.3, 0.4) is 0 Å². The molecule has 1 amide bonds. The number of nitrogens with one attached hydrogen (secondary N) is 1. The van der Waals surface area contributed by atoms with E-state index < -0.39 is 16.7 Å². The standard InChI is InChI=1S/C23H21N5O3/c1-15-11-20(28(30)31)9-10-22(15)27-16(2)12-19(17(27)3)14-25-26-23(29)21(13-24)18-7-5-4-6-8-18/h4-12,14,21H,1-3H3,(H,26,29)/b25-14-/t21-/m1/s1. The van der Waals surface area contributed by atoms with E-state index in [2.05, 4.69) is 10.5 Å². The van der Waals surface area contributed by atoms with Gasteiger partial charge in [0, 0.05) is 34.8 Å². The summed E-state index contributed by atoms with van der Waals surface area (Å²) in [7, 11) is 0. The number of nitro benzene ring substituents is 1. The summed E-state index contributed by atoms with van der Waals surface area (Å²) in [6.07, 6.45) is 1.52. The zero-order valence-corrected chi connectivity index (χ0v) is 17.4. The molecule has 0 bridgehead atoms. The zero-order chi connectivity index (χ0) is 22.5. The molecule has 0 aliphatic carbocycles. The van der Waals surface area contributed by atoms with Gasteiger partial charge in [0.15, 0.2) is 5.92 Å². The Kier molecular flexibility index (Phi) is 6.26. The molecule has 0 aliphatic rings. The molecule has 1 atom stereocenters. The topological polar surface area (TPSA) is 113 Å². The third-order valence-electron chi connectivity index (χ3n) is 5.00. The van der Waals surface area contributed by atoms with Crippen molar-refractivity contribution in [1.82, 2.24) is 9.99 Å². The summed E-state index contributed by atoms with van der Waals surface area (Å²) in [5.74, 6) is -1.46. The average Bonchev–Trinajstić information content (AvgIpc) is 3.02. The van der Waals surface area contributed by atoms with Crippen LogP contribution in [-0.2, 0) is 4.79 Å². The third-order valence-corrected chi connectivity index (χ3v) is 5.00. The molecule has 156 valence electrons. The van der Waals surface area contributed by atoms with Crippen molar-refractivity contribution >= 4 is 17.8 Å². The Bertz CT molecular complexity index is 1210. The number of amides is 1. The van der Waals surface area contributed by atoms with E-state index in [1.54, 1.807) is 30.3 Å². The average molecular weight is 415 g/mol. The van der Waals surface area contributed by atoms with Gasteiger partial charge in [0.05, 0.1) is 17.2 Å². The largest absolute Gasteiger partial charge is 0.318 e. The van der Waals surface area contributed by atoms with Gasteiger partial charge in [0.1, 0.15) is 0 Å². The fourth-order valence-corrected chi connectivity index (χ4v) is 3.45. The molecule has 0 aliphatic heterocycles. The second-order valence-corrected chi connectivity index (χ2v) is 7.10. The molecular weight excluding hydrogens is 394 g/mol. The predicted molar refractivity (Wildman–Crippen MR) is 117 cm³/mol. The number of aromatic nitrogens is 1. The van der Waals surface area contributed by atoms with Crippen LogP contribution in [0.1, 0.15) is 34.0 Å². The first-order valence-corrected chi connectivity index (χ1v) is 9.55. The van der Waals surface area contributed by atoms with Crippen LogP contribution in [0.5, 0.6) is 0 Å². The summed E-state index contributed by atoms with van der Waals surface area (Å²) in [6, 6.07) is 17.4. The number of benzene rings is 2. The lowest BCUT2D eigenvalue weighted by Crippen LogP contribution is -2.24. The second-order valence-electron chi connectivity index (χ2n) is 7.10. The molecule has 8 nitrogen and oxygen atoms in total. The van der Waals surface area contributed by atoms with Crippen molar-refractivity contribution in [3.8, 4) is 11.8 Å². The molecule has 1 aromatic heterocycles. The summed E-state index contributed by atoms with van der Waals surface area (Å²) in [5.41, 5.74) is 7.24. The minimum atomic E-state index is -0.950. The van der Waals surface area contributed by atoms with E-state index in [0.29, 0.717) is 5.56 Å². The molecule has 0 radical (unpaired) electrons. The Balaban J connectivity index is 1.81. The van der Waals surface area contributed by atoms with E-state index in [4.69, 9.17) is 0 Å². The van der Waals surface area contributed by atoms with E-state index in [1.807, 2.05) is 43.5 Å². The van der Waals surface area contributed by atoms with Crippen LogP contribution in [0.4, 0.5) is 5.69 Å². The van der Waals surface area contributed by atoms with E-state index >= 15 is 0 Å². The van der Waals surface area contributed by atoms with Gasteiger partial charge in [-0.2, -0.15) is 10.4 Å². The Morgan fingerprint density at radius 3 is 2.52 bits per heavy atom. The summed E-state index contributed by atoms with van der Waals surface area (Å²) < 4.78 is 1.98. The van der Waals surface area contributed by atoms with Gasteiger partial charge in [-0.3, -0.25) is 14.9 Å². The van der Waals surface area contributed by atoms with Gasteiger partial charge >= 0.3 is 0 Å². The molecular formula is C23H21N5O3. The van der Waals surface area contributed by atoms with E-state index in [9.17, 15) is 20.2 Å². The normalized spacial score (nSPS) is 11.8. The number of hydrogen-bond donors (Lipinski definition) is 1. The lowest BCUT2D eigenvalue weighted by molar-refractivity contribution is -0.384. The maximum Gasteiger partial charge on any atom is 0.269 e. The minimum Gasteiger partial charge on any atom is -0.318 e. The maximum absolute atomic E-state index is 12.4. The van der Waals surface area contributed by atoms with Crippen molar-refractivity contribution in [1.29, 1.82) is 5.26 Å². The molecule has 0 spiro atoms. The van der Waals surface area contributed by atoms with Gasteiger partial charge < -0.3 is 4.57 Å². The molecule has 1 N–H and O–H groups in total. The molecule has 0 saturated heterocycles. The molecule has 3 aromatic rings. The van der Waals surface area contributed by atoms with Crippen LogP contribution in [-0.4, -0.2) is 21.6 Å². The molecule has 0 saturated carbocycles. The fraction of sp³-hybridized carbons (Fsp3) is 0.174. The first kappa shape index (κ1) is 21.5. The van der Waals surface area contributed by atoms with Crippen LogP contribution in [0.15, 0.2) is 59.7 Å². The Hall–Kier alpha value is -4.25. The Labute approximate surface area is 179 Å². The summed E-state index contributed by atoms with van der Waals surface area (Å²) in [4.78, 5) is 22.9. The van der Waals surface area contributed by atoms with Crippen LogP contribution >= 0.6 is 0 Å². The van der Waals surface area contributed by atoms with Gasteiger partial charge in [-0.25, -0.2) is 5.43 Å². The second kappa shape index (κ2) is 9.05. The number of nitriles is 1. The first-order valence-electron chi connectivity index (χ1n) is 9.55. The van der Waals surface area contributed by atoms with Crippen molar-refractivity contribution in [3.05, 3.63) is 92.8 Å². The molecule has 3 rings (SSSR count). The molecule has 0 unspecified atom stereocenters. The van der Waals surface area contributed by atoms with Crippen molar-refractivity contribution in [3.63, 3.8) is 0 Å². The van der Waals surface area contributed by atoms with E-state index in [1.165, 1.54) is 18.3 Å². The van der Waals surface area contributed by atoms with Crippen LogP contribution < -0.4 is 5.43 Å². The highest BCUT2D eigenvalue weighted by Crippen LogP contribution is 2.25. The fourth-order valence-electron chi connectivity index (χ4n) is 3.45. The van der Waals surface area contributed by atoms with Crippen molar-refractivity contribution in [2.75, 3.05) is 0 Å². The lowest BCUT2D eigenvalue weighted by atomic mass is 10.0. The Morgan fingerprint density at radius 2 is 1.90 bits per heavy atom. The van der Waals surface area contributed by atoms with Gasteiger partial charge in [-0.05, 0) is 44.0 Å². The maximum atomic E-state index is 12.4. The highest BCUT2D eigenvalue weighted by molar-refractivity contribution is 5.88. The van der Waals surface area contributed by atoms with E-state index in [0.717, 1.165) is 28.2 Å². The molecule has 1 heterocycles. The quantitative estimate of drug-likeness (QED) is 0.371. The van der Waals surface area contributed by atoms with Crippen molar-refractivity contribution in [2.24, 2.45) is 5.10 Å². The number of rotatable bonds is 6. The van der Waals surface area contributed by atoms with Gasteiger partial charge in [0.25, 0.3) is 11.6 Å². The summed E-state index contributed by atoms with van der Waals surface area (Å²) >= 11 is 0. The van der Waals surface area contributed by atoms with Gasteiger partial charge in [-0.1, -0.05) is 30.3 Å². The number of hydrazone groups is 1. The number of carbonyl (C=O) groups is 1. The summed E-state index contributed by atoms with van der Waals surface area (Å²) in [5, 5.41) is 24.4. The number of hydrogen-bond acceptors (Lipinski definition) is 5. The number of nitro groups is 1. The van der Waals surface area contributed by atoms with E-state index in [-0.39, 0.29) is 5.69 Å². The SMILES string of the molecule is Cc1cc([N+](=O)[O-])ccc1-n1c(C)cc(/C=N\NC(=O)[C@H](C#N)c2ccccc2)c1C. The highest BCUT2D eigenvalue weighted by atomic mass is 16.6. The smallest absolute Gasteiger partial charge is 0.269 e. The molecule has 8 heteroatoms. The number of aryl methyl sites for hydroxylation is 2. The van der Waals surface area contributed by atoms with Gasteiger partial charge in [0.2, 0.25) is 0 Å². The van der Waals surface area contributed by atoms with Gasteiger partial charge in [-0.15, -0.1) is 0 Å². The summed E-state index contributed by atoms with van der Waals surface area (Å²) in [6.45, 7) is 5.64.